The molecule has 34 heavy (non-hydrogen) atoms. The molecule has 0 unspecified atom stereocenters. The normalized spacial score (nSPS) is 14.4. The van der Waals surface area contributed by atoms with Crippen molar-refractivity contribution in [3.8, 4) is 11.8 Å². The first-order valence-corrected chi connectivity index (χ1v) is 10.7. The van der Waals surface area contributed by atoms with Gasteiger partial charge in [-0.25, -0.2) is 9.99 Å². The zero-order chi connectivity index (χ0) is 24.6. The van der Waals surface area contributed by atoms with Crippen molar-refractivity contribution in [1.29, 1.82) is 5.26 Å². The molecule has 0 bridgehead atoms. The lowest BCUT2D eigenvalue weighted by atomic mass is 9.91. The average Bonchev–Trinajstić information content (AvgIpc) is 3.32. The van der Waals surface area contributed by atoms with Crippen LogP contribution in [0.1, 0.15) is 48.0 Å². The van der Waals surface area contributed by atoms with Gasteiger partial charge in [-0.3, -0.25) is 9.59 Å². The SMILES string of the molecule is CCN(/N=C/c1ccc2c(c1OC)C(C)(C)N(CC(N)=O)C2=O)c1nccn2c(C#N)ccc12. The average molecular weight is 460 g/mol. The fraction of sp³-hybridized carbons (Fsp3) is 0.292. The van der Waals surface area contributed by atoms with Crippen LogP contribution in [0.5, 0.6) is 5.75 Å². The molecule has 174 valence electrons. The molecular weight excluding hydrogens is 434 g/mol. The van der Waals surface area contributed by atoms with Gasteiger partial charge in [0.15, 0.2) is 5.82 Å². The Labute approximate surface area is 196 Å². The summed E-state index contributed by atoms with van der Waals surface area (Å²) in [6.45, 7) is 5.99. The molecule has 0 saturated carbocycles. The number of ether oxygens (including phenoxy) is 1. The number of methoxy groups -OCH3 is 1. The van der Waals surface area contributed by atoms with Crippen LogP contribution in [0.4, 0.5) is 5.82 Å². The van der Waals surface area contributed by atoms with Crippen LogP contribution in [-0.2, 0) is 10.3 Å². The summed E-state index contributed by atoms with van der Waals surface area (Å²) in [5.74, 6) is 0.252. The molecule has 3 aromatic rings. The van der Waals surface area contributed by atoms with Crippen molar-refractivity contribution < 1.29 is 14.3 Å². The molecule has 2 N–H and O–H groups in total. The molecule has 10 nitrogen and oxygen atoms in total. The number of nitrogens with zero attached hydrogens (tertiary/aromatic N) is 6. The van der Waals surface area contributed by atoms with E-state index in [0.717, 1.165) is 5.52 Å². The van der Waals surface area contributed by atoms with E-state index < -0.39 is 11.4 Å². The largest absolute Gasteiger partial charge is 0.496 e. The Hall–Kier alpha value is -4.39. The first kappa shape index (κ1) is 22.8. The van der Waals surface area contributed by atoms with Crippen LogP contribution in [0.3, 0.4) is 0 Å². The maximum Gasteiger partial charge on any atom is 0.255 e. The number of nitriles is 1. The maximum absolute atomic E-state index is 13.0. The topological polar surface area (TPSA) is 129 Å². The van der Waals surface area contributed by atoms with E-state index in [1.807, 2.05) is 26.8 Å². The third kappa shape index (κ3) is 3.51. The van der Waals surface area contributed by atoms with Crippen LogP contribution in [0.25, 0.3) is 5.52 Å². The summed E-state index contributed by atoms with van der Waals surface area (Å²) in [5, 5.41) is 15.7. The van der Waals surface area contributed by atoms with E-state index in [2.05, 4.69) is 16.2 Å². The molecule has 1 aliphatic rings. The number of hydrazone groups is 1. The van der Waals surface area contributed by atoms with Crippen LogP contribution in [0, 0.1) is 11.3 Å². The van der Waals surface area contributed by atoms with Gasteiger partial charge in [-0.2, -0.15) is 10.4 Å². The summed E-state index contributed by atoms with van der Waals surface area (Å²) < 4.78 is 7.49. The zero-order valence-electron chi connectivity index (χ0n) is 19.4. The van der Waals surface area contributed by atoms with Gasteiger partial charge in [0, 0.05) is 35.6 Å². The Balaban J connectivity index is 1.76. The Morgan fingerprint density at radius 3 is 2.76 bits per heavy atom. The van der Waals surface area contributed by atoms with Crippen molar-refractivity contribution in [1.82, 2.24) is 14.3 Å². The van der Waals surface area contributed by atoms with Crippen molar-refractivity contribution in [2.75, 3.05) is 25.2 Å². The standard InChI is InChI=1S/C24H25N7O3/c1-5-31(22-18-9-7-16(12-25)29(18)11-10-27-22)28-13-15-6-8-17-20(21(15)34-4)24(2,3)30(23(17)33)14-19(26)32/h6-11,13H,5,14H2,1-4H3,(H2,26,32)/b28-13+. The molecule has 3 heterocycles. The number of amides is 2. The Morgan fingerprint density at radius 2 is 2.12 bits per heavy atom. The molecular formula is C24H25N7O3. The highest BCUT2D eigenvalue weighted by molar-refractivity contribution is 6.04. The monoisotopic (exact) mass is 459 g/mol. The van der Waals surface area contributed by atoms with E-state index in [1.54, 1.807) is 46.2 Å². The Morgan fingerprint density at radius 1 is 1.35 bits per heavy atom. The maximum atomic E-state index is 13.0. The summed E-state index contributed by atoms with van der Waals surface area (Å²) in [6, 6.07) is 9.20. The van der Waals surface area contributed by atoms with Crippen molar-refractivity contribution >= 4 is 29.4 Å². The fourth-order valence-corrected chi connectivity index (χ4v) is 4.40. The minimum absolute atomic E-state index is 0.186. The number of rotatable bonds is 7. The fourth-order valence-electron chi connectivity index (χ4n) is 4.40. The molecule has 2 amide bonds. The number of carbonyl (C=O) groups is 2. The second kappa shape index (κ2) is 8.51. The lowest BCUT2D eigenvalue weighted by Crippen LogP contribution is -2.44. The van der Waals surface area contributed by atoms with Gasteiger partial charge in [-0.05, 0) is 45.0 Å². The van der Waals surface area contributed by atoms with Crippen molar-refractivity contribution in [3.63, 3.8) is 0 Å². The van der Waals surface area contributed by atoms with E-state index in [9.17, 15) is 14.9 Å². The van der Waals surface area contributed by atoms with E-state index in [0.29, 0.717) is 40.5 Å². The van der Waals surface area contributed by atoms with E-state index >= 15 is 0 Å². The predicted octanol–water partition coefficient (Wildman–Crippen LogP) is 2.25. The lowest BCUT2D eigenvalue weighted by molar-refractivity contribution is -0.119. The molecule has 0 atom stereocenters. The number of hydrogen-bond acceptors (Lipinski definition) is 7. The summed E-state index contributed by atoms with van der Waals surface area (Å²) in [4.78, 5) is 30.4. The minimum atomic E-state index is -0.798. The van der Waals surface area contributed by atoms with Crippen molar-refractivity contribution in [2.45, 2.75) is 26.3 Å². The first-order chi connectivity index (χ1) is 16.2. The number of hydrogen-bond donors (Lipinski definition) is 1. The molecule has 0 aliphatic carbocycles. The molecule has 4 rings (SSSR count). The van der Waals surface area contributed by atoms with Gasteiger partial charge in [-0.1, -0.05) is 0 Å². The predicted molar refractivity (Wildman–Crippen MR) is 127 cm³/mol. The van der Waals surface area contributed by atoms with Crippen LogP contribution in [0.15, 0.2) is 41.8 Å². The molecule has 0 radical (unpaired) electrons. The van der Waals surface area contributed by atoms with Crippen molar-refractivity contribution in [3.05, 3.63) is 59.0 Å². The second-order valence-corrected chi connectivity index (χ2v) is 8.32. The van der Waals surface area contributed by atoms with Crippen molar-refractivity contribution in [2.24, 2.45) is 10.8 Å². The summed E-state index contributed by atoms with van der Waals surface area (Å²) in [7, 11) is 1.54. The number of primary amides is 1. The minimum Gasteiger partial charge on any atom is -0.496 e. The highest BCUT2D eigenvalue weighted by Gasteiger charge is 2.46. The molecule has 1 aliphatic heterocycles. The van der Waals surface area contributed by atoms with Gasteiger partial charge in [0.05, 0.1) is 24.4 Å². The highest BCUT2D eigenvalue weighted by Crippen LogP contribution is 2.44. The third-order valence-electron chi connectivity index (χ3n) is 6.02. The summed E-state index contributed by atoms with van der Waals surface area (Å²) in [6.07, 6.45) is 5.01. The molecule has 1 aromatic carbocycles. The van der Waals surface area contributed by atoms with Crippen LogP contribution in [0.2, 0.25) is 0 Å². The van der Waals surface area contributed by atoms with Crippen LogP contribution < -0.4 is 15.5 Å². The van der Waals surface area contributed by atoms with Crippen LogP contribution in [-0.4, -0.2) is 52.5 Å². The number of fused-ring (bicyclic) bond motifs is 2. The highest BCUT2D eigenvalue weighted by atomic mass is 16.5. The quantitative estimate of drug-likeness (QED) is 0.426. The van der Waals surface area contributed by atoms with Crippen LogP contribution >= 0.6 is 0 Å². The van der Waals surface area contributed by atoms with Gasteiger partial charge < -0.3 is 19.8 Å². The Kier molecular flexibility index (Phi) is 5.71. The molecule has 0 fully saturated rings. The Bertz CT molecular complexity index is 1370. The van der Waals surface area contributed by atoms with Gasteiger partial charge in [0.2, 0.25) is 5.91 Å². The number of aromatic nitrogens is 2. The third-order valence-corrected chi connectivity index (χ3v) is 6.02. The molecule has 0 saturated heterocycles. The smallest absolute Gasteiger partial charge is 0.255 e. The van der Waals surface area contributed by atoms with Gasteiger partial charge in [0.25, 0.3) is 5.91 Å². The summed E-state index contributed by atoms with van der Waals surface area (Å²) in [5.41, 5.74) is 7.66. The van der Waals surface area contributed by atoms with E-state index in [-0.39, 0.29) is 12.5 Å². The lowest BCUT2D eigenvalue weighted by Gasteiger charge is -2.32. The number of anilines is 1. The first-order valence-electron chi connectivity index (χ1n) is 10.7. The molecule has 0 spiro atoms. The number of nitrogens with two attached hydrogens (primary N) is 1. The van der Waals surface area contributed by atoms with Gasteiger partial charge >= 0.3 is 0 Å². The summed E-state index contributed by atoms with van der Waals surface area (Å²) >= 11 is 0. The number of benzene rings is 1. The van der Waals surface area contributed by atoms with Gasteiger partial charge in [0.1, 0.15) is 24.1 Å². The second-order valence-electron chi connectivity index (χ2n) is 8.32. The zero-order valence-corrected chi connectivity index (χ0v) is 19.4. The molecule has 2 aromatic heterocycles. The number of carbonyl (C=O) groups excluding carboxylic acids is 2. The van der Waals surface area contributed by atoms with E-state index in [1.165, 1.54) is 12.0 Å². The van der Waals surface area contributed by atoms with E-state index in [4.69, 9.17) is 10.5 Å². The van der Waals surface area contributed by atoms with Gasteiger partial charge in [-0.15, -0.1) is 0 Å². The molecule has 10 heteroatoms.